The molecule has 1 saturated carbocycles. The number of pyridine rings is 1. The molecule has 1 aliphatic rings. The summed E-state index contributed by atoms with van der Waals surface area (Å²) >= 11 is 0. The van der Waals surface area contributed by atoms with Gasteiger partial charge in [0.25, 0.3) is 11.5 Å². The van der Waals surface area contributed by atoms with Gasteiger partial charge in [-0.2, -0.15) is 0 Å². The lowest BCUT2D eigenvalue weighted by Gasteiger charge is -2.28. The number of rotatable bonds is 4. The molecule has 1 amide bonds. The molecule has 116 valence electrons. The second kappa shape index (κ2) is 6.22. The third kappa shape index (κ3) is 2.98. The van der Waals surface area contributed by atoms with Crippen LogP contribution in [0, 0.1) is 6.92 Å². The fourth-order valence-corrected chi connectivity index (χ4v) is 3.05. The minimum atomic E-state index is -0.326. The second-order valence-corrected chi connectivity index (χ2v) is 5.83. The molecule has 22 heavy (non-hydrogen) atoms. The third-order valence-electron chi connectivity index (χ3n) is 4.22. The Morgan fingerprint density at radius 2 is 2.09 bits per heavy atom. The van der Waals surface area contributed by atoms with E-state index in [1.54, 1.807) is 30.2 Å². The van der Waals surface area contributed by atoms with Crippen LogP contribution in [0.4, 0.5) is 0 Å². The Hall–Kier alpha value is -2.30. The van der Waals surface area contributed by atoms with Crippen molar-refractivity contribution in [1.82, 2.24) is 9.88 Å². The summed E-state index contributed by atoms with van der Waals surface area (Å²) < 4.78 is 5.38. The van der Waals surface area contributed by atoms with E-state index in [4.69, 9.17) is 4.42 Å². The van der Waals surface area contributed by atoms with E-state index in [2.05, 4.69) is 4.98 Å². The fourth-order valence-electron chi connectivity index (χ4n) is 3.05. The first-order valence-electron chi connectivity index (χ1n) is 7.68. The number of amides is 1. The molecule has 0 aromatic carbocycles. The molecule has 5 heteroatoms. The van der Waals surface area contributed by atoms with Gasteiger partial charge in [-0.1, -0.05) is 12.8 Å². The van der Waals surface area contributed by atoms with E-state index in [1.807, 2.05) is 12.1 Å². The summed E-state index contributed by atoms with van der Waals surface area (Å²) in [6.07, 6.45) is 5.81. The summed E-state index contributed by atoms with van der Waals surface area (Å²) in [5.74, 6) is 0.522. The molecule has 0 radical (unpaired) electrons. The maximum Gasteiger partial charge on any atom is 0.260 e. The largest absolute Gasteiger partial charge is 0.467 e. The Balaban J connectivity index is 1.90. The van der Waals surface area contributed by atoms with Crippen LogP contribution in [0.3, 0.4) is 0 Å². The van der Waals surface area contributed by atoms with Crippen molar-refractivity contribution in [3.05, 3.63) is 57.9 Å². The number of aryl methyl sites for hydroxylation is 1. The van der Waals surface area contributed by atoms with E-state index < -0.39 is 0 Å². The monoisotopic (exact) mass is 300 g/mol. The van der Waals surface area contributed by atoms with Crippen LogP contribution < -0.4 is 5.56 Å². The van der Waals surface area contributed by atoms with E-state index in [1.165, 1.54) is 0 Å². The number of aromatic amines is 1. The number of furan rings is 1. The van der Waals surface area contributed by atoms with Crippen molar-refractivity contribution in [2.24, 2.45) is 0 Å². The molecular weight excluding hydrogens is 280 g/mol. The van der Waals surface area contributed by atoms with Gasteiger partial charge >= 0.3 is 0 Å². The minimum Gasteiger partial charge on any atom is -0.467 e. The lowest BCUT2D eigenvalue weighted by molar-refractivity contribution is 0.0647. The Morgan fingerprint density at radius 1 is 1.32 bits per heavy atom. The number of carbonyl (C=O) groups excluding carboxylic acids is 1. The van der Waals surface area contributed by atoms with E-state index in [9.17, 15) is 9.59 Å². The quantitative estimate of drug-likeness (QED) is 0.944. The molecule has 2 aromatic rings. The Bertz CT molecular complexity index is 697. The van der Waals surface area contributed by atoms with Crippen molar-refractivity contribution in [2.45, 2.75) is 45.2 Å². The summed E-state index contributed by atoms with van der Waals surface area (Å²) in [5.41, 5.74) is 0.622. The van der Waals surface area contributed by atoms with Crippen molar-refractivity contribution in [2.75, 3.05) is 0 Å². The second-order valence-electron chi connectivity index (χ2n) is 5.83. The summed E-state index contributed by atoms with van der Waals surface area (Å²) in [4.78, 5) is 29.4. The van der Waals surface area contributed by atoms with Crippen LogP contribution in [0.2, 0.25) is 0 Å². The van der Waals surface area contributed by atoms with Gasteiger partial charge in [-0.25, -0.2) is 0 Å². The number of nitrogens with one attached hydrogen (secondary N) is 1. The number of nitrogens with zero attached hydrogens (tertiary/aromatic N) is 1. The van der Waals surface area contributed by atoms with E-state index in [0.29, 0.717) is 6.54 Å². The first kappa shape index (κ1) is 14.6. The van der Waals surface area contributed by atoms with Crippen LogP contribution in [0.25, 0.3) is 0 Å². The number of hydrogen-bond donors (Lipinski definition) is 1. The predicted molar refractivity (Wildman–Crippen MR) is 82.6 cm³/mol. The van der Waals surface area contributed by atoms with Crippen LogP contribution in [0.15, 0.2) is 39.7 Å². The fraction of sp³-hybridized carbons (Fsp3) is 0.412. The van der Waals surface area contributed by atoms with Crippen molar-refractivity contribution >= 4 is 5.91 Å². The van der Waals surface area contributed by atoms with Crippen LogP contribution >= 0.6 is 0 Å². The highest BCUT2D eigenvalue weighted by Crippen LogP contribution is 2.26. The van der Waals surface area contributed by atoms with E-state index in [0.717, 1.165) is 37.1 Å². The zero-order valence-corrected chi connectivity index (χ0v) is 12.7. The molecule has 0 aliphatic heterocycles. The smallest absolute Gasteiger partial charge is 0.260 e. The first-order chi connectivity index (χ1) is 10.6. The van der Waals surface area contributed by atoms with Gasteiger partial charge in [-0.05, 0) is 44.0 Å². The highest BCUT2D eigenvalue weighted by molar-refractivity contribution is 5.94. The number of H-pyrrole nitrogens is 1. The van der Waals surface area contributed by atoms with Crippen LogP contribution in [0.5, 0.6) is 0 Å². The maximum atomic E-state index is 12.9. The number of aromatic nitrogens is 1. The predicted octanol–water partition coefficient (Wildman–Crippen LogP) is 2.86. The zero-order chi connectivity index (χ0) is 15.5. The van der Waals surface area contributed by atoms with Crippen LogP contribution in [-0.2, 0) is 6.54 Å². The molecule has 1 fully saturated rings. The lowest BCUT2D eigenvalue weighted by atomic mass is 10.1. The van der Waals surface area contributed by atoms with E-state index in [-0.39, 0.29) is 23.1 Å². The molecule has 2 aromatic heterocycles. The minimum absolute atomic E-state index is 0.179. The van der Waals surface area contributed by atoms with Gasteiger partial charge in [0.1, 0.15) is 11.3 Å². The average Bonchev–Trinajstić information content (AvgIpc) is 3.17. The van der Waals surface area contributed by atoms with Gasteiger partial charge in [0.15, 0.2) is 0 Å². The average molecular weight is 300 g/mol. The van der Waals surface area contributed by atoms with Gasteiger partial charge in [-0.15, -0.1) is 0 Å². The Morgan fingerprint density at radius 3 is 2.73 bits per heavy atom. The Labute approximate surface area is 128 Å². The molecular formula is C17H20N2O3. The topological polar surface area (TPSA) is 66.3 Å². The third-order valence-corrected chi connectivity index (χ3v) is 4.22. The highest BCUT2D eigenvalue weighted by atomic mass is 16.3. The molecule has 1 N–H and O–H groups in total. The highest BCUT2D eigenvalue weighted by Gasteiger charge is 2.29. The summed E-state index contributed by atoms with van der Waals surface area (Å²) in [6, 6.07) is 7.22. The van der Waals surface area contributed by atoms with Gasteiger partial charge in [0.05, 0.1) is 12.8 Å². The van der Waals surface area contributed by atoms with Crippen molar-refractivity contribution in [1.29, 1.82) is 0 Å². The van der Waals surface area contributed by atoms with Crippen LogP contribution in [0.1, 0.15) is 47.5 Å². The van der Waals surface area contributed by atoms with Crippen molar-refractivity contribution < 1.29 is 9.21 Å². The van der Waals surface area contributed by atoms with Gasteiger partial charge in [0.2, 0.25) is 0 Å². The SMILES string of the molecule is Cc1ccc(C(=O)N(Cc2ccco2)C2CCCC2)c(=O)[nH]1. The summed E-state index contributed by atoms with van der Waals surface area (Å²) in [5, 5.41) is 0. The zero-order valence-electron chi connectivity index (χ0n) is 12.7. The molecule has 2 heterocycles. The van der Waals surface area contributed by atoms with Gasteiger partial charge in [-0.3, -0.25) is 9.59 Å². The molecule has 5 nitrogen and oxygen atoms in total. The summed E-state index contributed by atoms with van der Waals surface area (Å²) in [6.45, 7) is 2.21. The lowest BCUT2D eigenvalue weighted by Crippen LogP contribution is -2.40. The van der Waals surface area contributed by atoms with Gasteiger partial charge in [0, 0.05) is 11.7 Å². The van der Waals surface area contributed by atoms with E-state index >= 15 is 0 Å². The maximum absolute atomic E-state index is 12.9. The molecule has 1 aliphatic carbocycles. The number of hydrogen-bond acceptors (Lipinski definition) is 3. The Kier molecular flexibility index (Phi) is 4.13. The molecule has 0 unspecified atom stereocenters. The number of carbonyl (C=O) groups is 1. The normalized spacial score (nSPS) is 15.1. The molecule has 0 saturated heterocycles. The first-order valence-corrected chi connectivity index (χ1v) is 7.68. The molecule has 0 atom stereocenters. The van der Waals surface area contributed by atoms with Gasteiger partial charge < -0.3 is 14.3 Å². The van der Waals surface area contributed by atoms with Crippen molar-refractivity contribution in [3.63, 3.8) is 0 Å². The molecule has 0 spiro atoms. The van der Waals surface area contributed by atoms with Crippen molar-refractivity contribution in [3.8, 4) is 0 Å². The summed E-state index contributed by atoms with van der Waals surface area (Å²) in [7, 11) is 0. The standard InChI is InChI=1S/C17H20N2O3/c1-12-8-9-15(16(20)18-12)17(21)19(13-5-2-3-6-13)11-14-7-4-10-22-14/h4,7-10,13H,2-3,5-6,11H2,1H3,(H,18,20). The molecule has 3 rings (SSSR count). The van der Waals surface area contributed by atoms with Crippen LogP contribution in [-0.4, -0.2) is 21.8 Å². The molecule has 0 bridgehead atoms.